The van der Waals surface area contributed by atoms with Crippen molar-refractivity contribution in [3.63, 3.8) is 0 Å². The molecule has 2 amide bonds. The van der Waals surface area contributed by atoms with Crippen LogP contribution >= 0.6 is 0 Å². The molecule has 0 aliphatic carbocycles. The van der Waals surface area contributed by atoms with Crippen LogP contribution in [-0.2, 0) is 9.59 Å². The minimum Gasteiger partial charge on any atom is -0.274 e. The Hall–Kier alpha value is -2.50. The van der Waals surface area contributed by atoms with Crippen molar-refractivity contribution in [2.45, 2.75) is 13.8 Å². The number of hydrogen-bond acceptors (Lipinski definition) is 4. The molecule has 1 aromatic rings. The van der Waals surface area contributed by atoms with Crippen LogP contribution in [0.3, 0.4) is 0 Å². The number of nitrogens with zero attached hydrogens (tertiary/aromatic N) is 3. The normalized spacial score (nSPS) is 18.8. The average Bonchev–Trinajstić information content (AvgIpc) is 2.67. The highest BCUT2D eigenvalue weighted by Crippen LogP contribution is 2.22. The van der Waals surface area contributed by atoms with Crippen LogP contribution in [0, 0.1) is 5.92 Å². The number of carbonyl (C=O) groups is 2. The van der Waals surface area contributed by atoms with Gasteiger partial charge in [-0.3, -0.25) is 9.59 Å². The molecule has 6 nitrogen and oxygen atoms in total. The number of benzene rings is 1. The third kappa shape index (κ3) is 2.85. The number of rotatable bonds is 3. The van der Waals surface area contributed by atoms with E-state index >= 15 is 0 Å². The lowest BCUT2D eigenvalue weighted by atomic mass is 10.1. The first-order valence-corrected chi connectivity index (χ1v) is 5.83. The second-order valence-electron chi connectivity index (χ2n) is 4.15. The number of amides is 2. The van der Waals surface area contributed by atoms with Gasteiger partial charge in [-0.05, 0) is 19.1 Å². The Balaban J connectivity index is 2.15. The van der Waals surface area contributed by atoms with Crippen molar-refractivity contribution in [3.05, 3.63) is 30.3 Å². The number of nitrogens with one attached hydrogen (secondary N) is 1. The van der Waals surface area contributed by atoms with E-state index in [1.807, 2.05) is 30.3 Å². The Morgan fingerprint density at radius 1 is 1.42 bits per heavy atom. The summed E-state index contributed by atoms with van der Waals surface area (Å²) in [6.45, 7) is 3.11. The highest BCUT2D eigenvalue weighted by Gasteiger charge is 2.33. The molecule has 0 bridgehead atoms. The monoisotopic (exact) mass is 258 g/mol. The Morgan fingerprint density at radius 3 is 2.74 bits per heavy atom. The predicted molar refractivity (Wildman–Crippen MR) is 72.8 cm³/mol. The molecular weight excluding hydrogens is 244 g/mol. The fourth-order valence-electron chi connectivity index (χ4n) is 1.71. The lowest BCUT2D eigenvalue weighted by Gasteiger charge is -2.12. The van der Waals surface area contributed by atoms with E-state index in [4.69, 9.17) is 0 Å². The lowest BCUT2D eigenvalue weighted by Crippen LogP contribution is -2.28. The molecule has 1 unspecified atom stereocenters. The highest BCUT2D eigenvalue weighted by atomic mass is 16.2. The third-order valence-electron chi connectivity index (χ3n) is 2.63. The second-order valence-corrected chi connectivity index (χ2v) is 4.15. The number of hydrogen-bond donors (Lipinski definition) is 1. The number of hydrazone groups is 2. The standard InChI is InChI=1S/C13H14N4O2/c1-9-12(8-14-15-10(2)18)13(19)17(16-9)11-6-4-3-5-7-11/h3-8,12H,1-2H3,(H,15,18). The van der Waals surface area contributed by atoms with Crippen molar-refractivity contribution in [2.24, 2.45) is 16.1 Å². The second kappa shape index (κ2) is 5.43. The Bertz CT molecular complexity index is 551. The Labute approximate surface area is 110 Å². The number of para-hydroxylation sites is 1. The van der Waals surface area contributed by atoms with Crippen LogP contribution in [0.4, 0.5) is 5.69 Å². The Kier molecular flexibility index (Phi) is 3.70. The molecule has 0 saturated carbocycles. The van der Waals surface area contributed by atoms with Gasteiger partial charge in [-0.15, -0.1) is 0 Å². The van der Waals surface area contributed by atoms with Gasteiger partial charge in [-0.2, -0.15) is 15.2 Å². The van der Waals surface area contributed by atoms with Gasteiger partial charge in [-0.1, -0.05) is 18.2 Å². The molecule has 0 saturated heterocycles. The van der Waals surface area contributed by atoms with Crippen molar-refractivity contribution < 1.29 is 9.59 Å². The summed E-state index contributed by atoms with van der Waals surface area (Å²) in [5.74, 6) is -0.999. The summed E-state index contributed by atoms with van der Waals surface area (Å²) < 4.78 is 0. The van der Waals surface area contributed by atoms with Crippen LogP contribution in [-0.4, -0.2) is 23.7 Å². The molecule has 1 aromatic carbocycles. The van der Waals surface area contributed by atoms with Gasteiger partial charge in [0.05, 0.1) is 11.4 Å². The maximum absolute atomic E-state index is 12.2. The predicted octanol–water partition coefficient (Wildman–Crippen LogP) is 1.15. The van der Waals surface area contributed by atoms with Gasteiger partial charge in [0.2, 0.25) is 5.91 Å². The number of carbonyl (C=O) groups excluding carboxylic acids is 2. The maximum Gasteiger partial charge on any atom is 0.261 e. The first-order chi connectivity index (χ1) is 9.09. The van der Waals surface area contributed by atoms with Gasteiger partial charge in [0.15, 0.2) is 0 Å². The number of anilines is 1. The van der Waals surface area contributed by atoms with E-state index in [0.717, 1.165) is 0 Å². The van der Waals surface area contributed by atoms with E-state index in [0.29, 0.717) is 11.4 Å². The van der Waals surface area contributed by atoms with E-state index in [1.165, 1.54) is 18.1 Å². The smallest absolute Gasteiger partial charge is 0.261 e. The van der Waals surface area contributed by atoms with E-state index < -0.39 is 5.92 Å². The van der Waals surface area contributed by atoms with Gasteiger partial charge in [0.1, 0.15) is 5.92 Å². The molecule has 0 radical (unpaired) electrons. The molecule has 6 heteroatoms. The van der Waals surface area contributed by atoms with E-state index in [2.05, 4.69) is 15.6 Å². The summed E-state index contributed by atoms with van der Waals surface area (Å²) in [6, 6.07) is 9.17. The highest BCUT2D eigenvalue weighted by molar-refractivity contribution is 6.23. The maximum atomic E-state index is 12.2. The summed E-state index contributed by atoms with van der Waals surface area (Å²) in [6.07, 6.45) is 1.39. The van der Waals surface area contributed by atoms with Crippen LogP contribution in [0.5, 0.6) is 0 Å². The van der Waals surface area contributed by atoms with Crippen LogP contribution in [0.1, 0.15) is 13.8 Å². The van der Waals surface area contributed by atoms with Gasteiger partial charge in [-0.25, -0.2) is 5.43 Å². The van der Waals surface area contributed by atoms with Gasteiger partial charge >= 0.3 is 0 Å². The van der Waals surface area contributed by atoms with Gasteiger partial charge < -0.3 is 0 Å². The average molecular weight is 258 g/mol. The first-order valence-electron chi connectivity index (χ1n) is 5.83. The minimum absolute atomic E-state index is 0.183. The van der Waals surface area contributed by atoms with Gasteiger partial charge in [0.25, 0.3) is 5.91 Å². The first kappa shape index (κ1) is 12.9. The van der Waals surface area contributed by atoms with Gasteiger partial charge in [0, 0.05) is 13.1 Å². The zero-order valence-electron chi connectivity index (χ0n) is 10.7. The summed E-state index contributed by atoms with van der Waals surface area (Å²) >= 11 is 0. The molecule has 0 aromatic heterocycles. The molecule has 1 N–H and O–H groups in total. The zero-order valence-corrected chi connectivity index (χ0v) is 10.7. The third-order valence-corrected chi connectivity index (χ3v) is 2.63. The van der Waals surface area contributed by atoms with E-state index in [9.17, 15) is 9.59 Å². The molecule has 1 heterocycles. The largest absolute Gasteiger partial charge is 0.274 e. The van der Waals surface area contributed by atoms with Crippen LogP contribution in [0.15, 0.2) is 40.5 Å². The summed E-state index contributed by atoms with van der Waals surface area (Å²) in [4.78, 5) is 22.9. The molecule has 1 atom stereocenters. The summed E-state index contributed by atoms with van der Waals surface area (Å²) in [5, 5.41) is 9.29. The van der Waals surface area contributed by atoms with Crippen molar-refractivity contribution in [1.29, 1.82) is 0 Å². The van der Waals surface area contributed by atoms with Crippen LogP contribution < -0.4 is 10.4 Å². The van der Waals surface area contributed by atoms with Crippen molar-refractivity contribution in [1.82, 2.24) is 5.43 Å². The van der Waals surface area contributed by atoms with Crippen molar-refractivity contribution >= 4 is 29.4 Å². The quantitative estimate of drug-likeness (QED) is 0.652. The minimum atomic E-state index is -0.535. The summed E-state index contributed by atoms with van der Waals surface area (Å²) in [5.41, 5.74) is 3.62. The fourth-order valence-corrected chi connectivity index (χ4v) is 1.71. The molecule has 98 valence electrons. The molecule has 0 fully saturated rings. The molecule has 1 aliphatic heterocycles. The van der Waals surface area contributed by atoms with Crippen molar-refractivity contribution in [2.75, 3.05) is 5.01 Å². The van der Waals surface area contributed by atoms with Crippen LogP contribution in [0.2, 0.25) is 0 Å². The Morgan fingerprint density at radius 2 is 2.11 bits per heavy atom. The SMILES string of the molecule is CC(=O)NN=CC1C(=O)N(c2ccccc2)N=C1C. The van der Waals surface area contributed by atoms with E-state index in [1.54, 1.807) is 6.92 Å². The molecule has 0 spiro atoms. The lowest BCUT2D eigenvalue weighted by molar-refractivity contribution is -0.119. The fraction of sp³-hybridized carbons (Fsp3) is 0.231. The topological polar surface area (TPSA) is 74.1 Å². The molecule has 1 aliphatic rings. The van der Waals surface area contributed by atoms with Crippen molar-refractivity contribution in [3.8, 4) is 0 Å². The van der Waals surface area contributed by atoms with Crippen LogP contribution in [0.25, 0.3) is 0 Å². The molecule has 19 heavy (non-hydrogen) atoms. The van der Waals surface area contributed by atoms with E-state index in [-0.39, 0.29) is 11.8 Å². The molecule has 2 rings (SSSR count). The zero-order chi connectivity index (χ0) is 13.8. The molecular formula is C13H14N4O2. The summed E-state index contributed by atoms with van der Waals surface area (Å²) in [7, 11) is 0.